The molecule has 1 saturated heterocycles. The topological polar surface area (TPSA) is 12.0 Å². The molecule has 0 aromatic rings. The molecule has 2 heteroatoms. The van der Waals surface area contributed by atoms with Crippen LogP contribution in [0.1, 0.15) is 27.7 Å². The summed E-state index contributed by atoms with van der Waals surface area (Å²) in [6.07, 6.45) is 0. The fourth-order valence-corrected chi connectivity index (χ4v) is 2.50. The van der Waals surface area contributed by atoms with Crippen LogP contribution >= 0.6 is 11.8 Å². The molecule has 1 N–H and O–H groups in total. The van der Waals surface area contributed by atoms with Gasteiger partial charge in [0.05, 0.1) is 5.37 Å². The molecule has 0 aliphatic carbocycles. The van der Waals surface area contributed by atoms with Crippen molar-refractivity contribution < 1.29 is 0 Å². The molecule has 1 rings (SSSR count). The van der Waals surface area contributed by atoms with Gasteiger partial charge in [-0.1, -0.05) is 20.8 Å². The van der Waals surface area contributed by atoms with E-state index in [-0.39, 0.29) is 0 Å². The third-order valence-electron chi connectivity index (χ3n) is 1.74. The number of hydrogen-bond donors (Lipinski definition) is 1. The van der Waals surface area contributed by atoms with Gasteiger partial charge in [0, 0.05) is 11.8 Å². The Morgan fingerprint density at radius 1 is 1.40 bits per heavy atom. The van der Waals surface area contributed by atoms with Crippen LogP contribution in [-0.2, 0) is 0 Å². The Balaban J connectivity index is 2.45. The minimum absolute atomic E-state index is 0.412. The molecule has 0 bridgehead atoms. The molecule has 0 spiro atoms. The highest BCUT2D eigenvalue weighted by Gasteiger charge is 2.30. The van der Waals surface area contributed by atoms with Gasteiger partial charge in [0.15, 0.2) is 0 Å². The molecule has 60 valence electrons. The summed E-state index contributed by atoms with van der Waals surface area (Å²) in [5.41, 5.74) is 0.412. The van der Waals surface area contributed by atoms with E-state index < -0.39 is 0 Å². The molecule has 10 heavy (non-hydrogen) atoms. The van der Waals surface area contributed by atoms with E-state index in [2.05, 4.69) is 33.0 Å². The molecular weight excluding hydrogens is 142 g/mol. The first kappa shape index (κ1) is 8.41. The molecule has 0 radical (unpaired) electrons. The first-order valence-electron chi connectivity index (χ1n) is 3.88. The highest BCUT2D eigenvalue weighted by Crippen LogP contribution is 2.32. The summed E-state index contributed by atoms with van der Waals surface area (Å²) in [6.45, 7) is 9.11. The summed E-state index contributed by atoms with van der Waals surface area (Å²) >= 11 is 2.05. The van der Waals surface area contributed by atoms with Crippen LogP contribution in [0.25, 0.3) is 0 Å². The van der Waals surface area contributed by atoms with Crippen molar-refractivity contribution in [2.24, 2.45) is 5.41 Å². The number of rotatable bonds is 0. The summed E-state index contributed by atoms with van der Waals surface area (Å²) in [6, 6.07) is 0.703. The SMILES string of the molecule is CC1CSC(C(C)(C)C)N1. The Labute approximate surface area is 68.0 Å². The van der Waals surface area contributed by atoms with Crippen molar-refractivity contribution in [2.75, 3.05) is 5.75 Å². The van der Waals surface area contributed by atoms with Gasteiger partial charge >= 0.3 is 0 Å². The van der Waals surface area contributed by atoms with Crippen molar-refractivity contribution in [3.05, 3.63) is 0 Å². The average Bonchev–Trinajstić information content (AvgIpc) is 2.11. The molecule has 2 unspecified atom stereocenters. The van der Waals surface area contributed by atoms with Crippen molar-refractivity contribution in [2.45, 2.75) is 39.1 Å². The maximum atomic E-state index is 3.56. The van der Waals surface area contributed by atoms with Crippen LogP contribution in [-0.4, -0.2) is 17.2 Å². The number of hydrogen-bond acceptors (Lipinski definition) is 2. The average molecular weight is 159 g/mol. The lowest BCUT2D eigenvalue weighted by molar-refractivity contribution is 0.347. The Morgan fingerprint density at radius 3 is 2.20 bits per heavy atom. The van der Waals surface area contributed by atoms with Gasteiger partial charge in [0.25, 0.3) is 0 Å². The quantitative estimate of drug-likeness (QED) is 0.581. The second kappa shape index (κ2) is 2.74. The Hall–Kier alpha value is 0.310. The predicted molar refractivity (Wildman–Crippen MR) is 48.3 cm³/mol. The molecule has 1 aliphatic heterocycles. The van der Waals surface area contributed by atoms with E-state index in [4.69, 9.17) is 0 Å². The molecule has 1 fully saturated rings. The molecule has 0 aromatic carbocycles. The monoisotopic (exact) mass is 159 g/mol. The summed E-state index contributed by atoms with van der Waals surface area (Å²) in [5.74, 6) is 1.27. The zero-order valence-electron chi connectivity index (χ0n) is 7.27. The summed E-state index contributed by atoms with van der Waals surface area (Å²) in [5, 5.41) is 4.21. The van der Waals surface area contributed by atoms with Crippen molar-refractivity contribution in [3.8, 4) is 0 Å². The highest BCUT2D eigenvalue weighted by molar-refractivity contribution is 8.00. The van der Waals surface area contributed by atoms with Crippen molar-refractivity contribution in [3.63, 3.8) is 0 Å². The predicted octanol–water partition coefficient (Wildman–Crippen LogP) is 2.08. The van der Waals surface area contributed by atoms with Crippen LogP contribution in [0, 0.1) is 5.41 Å². The lowest BCUT2D eigenvalue weighted by Crippen LogP contribution is -2.36. The van der Waals surface area contributed by atoms with E-state index >= 15 is 0 Å². The van der Waals surface area contributed by atoms with E-state index in [1.807, 2.05) is 11.8 Å². The smallest absolute Gasteiger partial charge is 0.0584 e. The molecule has 1 aliphatic rings. The zero-order valence-corrected chi connectivity index (χ0v) is 8.09. The van der Waals surface area contributed by atoms with E-state index in [9.17, 15) is 0 Å². The van der Waals surface area contributed by atoms with Gasteiger partial charge in [-0.05, 0) is 12.3 Å². The lowest BCUT2D eigenvalue weighted by Gasteiger charge is -2.26. The van der Waals surface area contributed by atoms with Crippen LogP contribution < -0.4 is 5.32 Å². The third kappa shape index (κ3) is 1.89. The standard InChI is InChI=1S/C8H17NS/c1-6-5-10-7(9-6)8(2,3)4/h6-7,9H,5H2,1-4H3. The Bertz CT molecular complexity index is 117. The van der Waals surface area contributed by atoms with Crippen LogP contribution in [0.4, 0.5) is 0 Å². The van der Waals surface area contributed by atoms with Crippen LogP contribution in [0.3, 0.4) is 0 Å². The molecule has 0 saturated carbocycles. The number of nitrogens with one attached hydrogen (secondary N) is 1. The minimum atomic E-state index is 0.412. The van der Waals surface area contributed by atoms with Gasteiger partial charge in [0.2, 0.25) is 0 Å². The Kier molecular flexibility index (Phi) is 2.31. The molecule has 1 heterocycles. The Morgan fingerprint density at radius 2 is 2.00 bits per heavy atom. The lowest BCUT2D eigenvalue weighted by atomic mass is 9.96. The minimum Gasteiger partial charge on any atom is -0.302 e. The molecule has 0 amide bonds. The second-order valence-corrected chi connectivity index (χ2v) is 5.29. The normalized spacial score (nSPS) is 34.8. The van der Waals surface area contributed by atoms with Gasteiger partial charge in [-0.15, -0.1) is 11.8 Å². The summed E-state index contributed by atoms with van der Waals surface area (Å²) < 4.78 is 0. The van der Waals surface area contributed by atoms with Crippen LogP contribution in [0.2, 0.25) is 0 Å². The van der Waals surface area contributed by atoms with E-state index in [1.54, 1.807) is 0 Å². The molecule has 0 aromatic heterocycles. The van der Waals surface area contributed by atoms with E-state index in [0.29, 0.717) is 16.8 Å². The largest absolute Gasteiger partial charge is 0.302 e. The second-order valence-electron chi connectivity index (χ2n) is 4.15. The summed E-state index contributed by atoms with van der Waals surface area (Å²) in [4.78, 5) is 0. The van der Waals surface area contributed by atoms with Gasteiger partial charge in [0.1, 0.15) is 0 Å². The fourth-order valence-electron chi connectivity index (χ4n) is 1.10. The zero-order chi connectivity index (χ0) is 7.78. The van der Waals surface area contributed by atoms with Gasteiger partial charge < -0.3 is 5.32 Å². The van der Waals surface area contributed by atoms with Gasteiger partial charge in [-0.2, -0.15) is 0 Å². The van der Waals surface area contributed by atoms with Crippen molar-refractivity contribution >= 4 is 11.8 Å². The van der Waals surface area contributed by atoms with E-state index in [1.165, 1.54) is 5.75 Å². The van der Waals surface area contributed by atoms with Crippen LogP contribution in [0.15, 0.2) is 0 Å². The van der Waals surface area contributed by atoms with Crippen molar-refractivity contribution in [1.29, 1.82) is 0 Å². The van der Waals surface area contributed by atoms with Gasteiger partial charge in [-0.25, -0.2) is 0 Å². The van der Waals surface area contributed by atoms with Gasteiger partial charge in [-0.3, -0.25) is 0 Å². The van der Waals surface area contributed by atoms with Crippen molar-refractivity contribution in [1.82, 2.24) is 5.32 Å². The van der Waals surface area contributed by atoms with Crippen LogP contribution in [0.5, 0.6) is 0 Å². The third-order valence-corrected chi connectivity index (χ3v) is 3.60. The molecule has 2 atom stereocenters. The first-order chi connectivity index (χ1) is 4.50. The first-order valence-corrected chi connectivity index (χ1v) is 4.92. The van der Waals surface area contributed by atoms with E-state index in [0.717, 1.165) is 0 Å². The highest BCUT2D eigenvalue weighted by atomic mass is 32.2. The maximum absolute atomic E-state index is 3.56. The molecular formula is C8H17NS. The summed E-state index contributed by atoms with van der Waals surface area (Å²) in [7, 11) is 0. The maximum Gasteiger partial charge on any atom is 0.0584 e. The molecule has 1 nitrogen and oxygen atoms in total. The fraction of sp³-hybridized carbons (Fsp3) is 1.00. The number of thioether (sulfide) groups is 1.